The molecule has 0 unspecified atom stereocenters. The Morgan fingerprint density at radius 1 is 1.16 bits per heavy atom. The molecule has 0 bridgehead atoms. The second-order valence-corrected chi connectivity index (χ2v) is 12.7. The average molecular weight is 551 g/mol. The Bertz CT molecular complexity index is 1270. The summed E-state index contributed by atoms with van der Waals surface area (Å²) in [5.74, 6) is -2.99. The number of rotatable bonds is 5. The number of hydrogen-bond acceptors (Lipinski definition) is 4. The van der Waals surface area contributed by atoms with Gasteiger partial charge in [0.2, 0.25) is 5.91 Å². The quantitative estimate of drug-likeness (QED) is 0.442. The van der Waals surface area contributed by atoms with Gasteiger partial charge in [0.25, 0.3) is 0 Å². The van der Waals surface area contributed by atoms with Crippen molar-refractivity contribution in [2.24, 2.45) is 11.3 Å². The second kappa shape index (κ2) is 9.30. The van der Waals surface area contributed by atoms with Gasteiger partial charge >= 0.3 is 0 Å². The molecule has 1 spiro atoms. The lowest BCUT2D eigenvalue weighted by atomic mass is 9.62. The fraction of sp³-hybridized carbons (Fsp3) is 0.500. The van der Waals surface area contributed by atoms with Gasteiger partial charge in [-0.25, -0.2) is 8.78 Å². The number of aliphatic hydroxyl groups is 1. The molecule has 5 rings (SSSR count). The smallest absolute Gasteiger partial charge is 0.237 e. The van der Waals surface area contributed by atoms with Crippen molar-refractivity contribution in [3.63, 3.8) is 0 Å². The van der Waals surface area contributed by atoms with E-state index in [9.17, 15) is 19.1 Å². The molecule has 5 nitrogen and oxygen atoms in total. The van der Waals surface area contributed by atoms with Gasteiger partial charge in [0.1, 0.15) is 17.0 Å². The summed E-state index contributed by atoms with van der Waals surface area (Å²) in [5, 5.41) is 15.7. The Morgan fingerprint density at radius 2 is 1.86 bits per heavy atom. The molecule has 0 aromatic heterocycles. The van der Waals surface area contributed by atoms with Gasteiger partial charge in [-0.1, -0.05) is 56.1 Å². The summed E-state index contributed by atoms with van der Waals surface area (Å²) in [4.78, 5) is 27.8. The van der Waals surface area contributed by atoms with Gasteiger partial charge in [-0.15, -0.1) is 0 Å². The number of aliphatic hydroxyl groups excluding tert-OH is 1. The Balaban J connectivity index is 1.73. The fourth-order valence-corrected chi connectivity index (χ4v) is 6.84. The molecule has 2 aromatic carbocycles. The number of fused-ring (bicyclic) bond motifs is 2. The lowest BCUT2D eigenvalue weighted by Gasteiger charge is -2.38. The predicted octanol–water partition coefficient (Wildman–Crippen LogP) is 5.75. The van der Waals surface area contributed by atoms with Crippen LogP contribution in [0.1, 0.15) is 63.5 Å². The number of anilines is 1. The molecule has 2 aromatic rings. The summed E-state index contributed by atoms with van der Waals surface area (Å²) in [6, 6.07) is 5.61. The standard InChI is InChI=1S/C28H30Cl2F2N2O3/c1-27(2,3)12-22-28(16-10-19(31)18(30)11-20(16)33-26(28)37)23(15-5-4-6-17(29)24(15)32)25(34-22)21(36)9-13-7-14(35)8-13/h4-6,10-11,13-14,22-23,25,34-35H,7-9,12H2,1-3H3,(H,33,37)/t13?,14?,22-,23+,25+,28+/m1/s1. The van der Waals surface area contributed by atoms with Crippen molar-refractivity contribution in [1.82, 2.24) is 5.32 Å². The van der Waals surface area contributed by atoms with E-state index in [4.69, 9.17) is 23.2 Å². The Labute approximate surface area is 224 Å². The summed E-state index contributed by atoms with van der Waals surface area (Å²) in [7, 11) is 0. The lowest BCUT2D eigenvalue weighted by molar-refractivity contribution is -0.124. The molecule has 1 saturated heterocycles. The first-order valence-corrected chi connectivity index (χ1v) is 13.3. The lowest BCUT2D eigenvalue weighted by Crippen LogP contribution is -2.49. The van der Waals surface area contributed by atoms with Gasteiger partial charge in [-0.2, -0.15) is 0 Å². The van der Waals surface area contributed by atoms with E-state index in [0.717, 1.165) is 0 Å². The van der Waals surface area contributed by atoms with Gasteiger partial charge < -0.3 is 15.7 Å². The summed E-state index contributed by atoms with van der Waals surface area (Å²) >= 11 is 12.2. The van der Waals surface area contributed by atoms with Crippen LogP contribution in [0.5, 0.6) is 0 Å². The monoisotopic (exact) mass is 550 g/mol. The van der Waals surface area contributed by atoms with E-state index in [2.05, 4.69) is 10.6 Å². The first-order chi connectivity index (χ1) is 17.3. The van der Waals surface area contributed by atoms with Crippen molar-refractivity contribution in [3.05, 3.63) is 63.1 Å². The zero-order chi connectivity index (χ0) is 26.9. The molecule has 9 heteroatoms. The highest BCUT2D eigenvalue weighted by Gasteiger charge is 2.66. The van der Waals surface area contributed by atoms with E-state index >= 15 is 4.39 Å². The van der Waals surface area contributed by atoms with Crippen LogP contribution < -0.4 is 10.6 Å². The SMILES string of the molecule is CC(C)(C)C[C@H]1N[C@@H](C(=O)CC2CC(O)C2)[C@H](c2cccc(Cl)c2F)[C@@]12C(=O)Nc1cc(Cl)c(F)cc12. The zero-order valence-electron chi connectivity index (χ0n) is 20.9. The zero-order valence-corrected chi connectivity index (χ0v) is 22.4. The number of carbonyl (C=O) groups is 2. The summed E-state index contributed by atoms with van der Waals surface area (Å²) in [5.41, 5.74) is -0.952. The van der Waals surface area contributed by atoms with Crippen LogP contribution in [0.25, 0.3) is 0 Å². The summed E-state index contributed by atoms with van der Waals surface area (Å²) in [6.45, 7) is 6.04. The highest BCUT2D eigenvalue weighted by Crippen LogP contribution is 2.57. The van der Waals surface area contributed by atoms with Gasteiger partial charge in [0.15, 0.2) is 5.78 Å². The predicted molar refractivity (Wildman–Crippen MR) is 139 cm³/mol. The molecular weight excluding hydrogens is 521 g/mol. The molecule has 1 amide bonds. The summed E-state index contributed by atoms with van der Waals surface area (Å²) in [6.07, 6.45) is 1.27. The van der Waals surface area contributed by atoms with E-state index in [1.165, 1.54) is 18.2 Å². The van der Waals surface area contributed by atoms with E-state index in [-0.39, 0.29) is 39.1 Å². The van der Waals surface area contributed by atoms with Crippen molar-refractivity contribution < 1.29 is 23.5 Å². The third-order valence-electron chi connectivity index (χ3n) is 8.06. The Hall–Kier alpha value is -2.06. The Kier molecular flexibility index (Phi) is 6.67. The van der Waals surface area contributed by atoms with Gasteiger partial charge in [-0.3, -0.25) is 9.59 Å². The number of hydrogen-bond donors (Lipinski definition) is 3. The second-order valence-electron chi connectivity index (χ2n) is 11.9. The maximum absolute atomic E-state index is 15.7. The van der Waals surface area contributed by atoms with E-state index < -0.39 is 47.1 Å². The van der Waals surface area contributed by atoms with Crippen LogP contribution >= 0.6 is 23.2 Å². The van der Waals surface area contributed by atoms with E-state index in [1.807, 2.05) is 20.8 Å². The van der Waals surface area contributed by atoms with Crippen molar-refractivity contribution in [1.29, 1.82) is 0 Å². The topological polar surface area (TPSA) is 78.4 Å². The third kappa shape index (κ3) is 4.38. The summed E-state index contributed by atoms with van der Waals surface area (Å²) < 4.78 is 30.6. The van der Waals surface area contributed by atoms with Gasteiger partial charge in [0, 0.05) is 24.1 Å². The minimum atomic E-state index is -1.49. The van der Waals surface area contributed by atoms with Crippen molar-refractivity contribution in [2.45, 2.75) is 76.0 Å². The molecule has 37 heavy (non-hydrogen) atoms. The molecule has 3 N–H and O–H groups in total. The first-order valence-electron chi connectivity index (χ1n) is 12.5. The number of Topliss-reactive ketones (excluding diaryl/α,β-unsaturated/α-hetero) is 1. The number of benzene rings is 2. The highest BCUT2D eigenvalue weighted by atomic mass is 35.5. The third-order valence-corrected chi connectivity index (χ3v) is 8.65. The first kappa shape index (κ1) is 26.5. The maximum Gasteiger partial charge on any atom is 0.237 e. The van der Waals surface area contributed by atoms with Crippen molar-refractivity contribution in [2.75, 3.05) is 5.32 Å². The average Bonchev–Trinajstić information content (AvgIpc) is 3.24. The number of amides is 1. The minimum absolute atomic E-state index is 0.0210. The van der Waals surface area contributed by atoms with E-state index in [1.54, 1.807) is 12.1 Å². The van der Waals surface area contributed by atoms with Crippen LogP contribution in [0.4, 0.5) is 14.5 Å². The number of halogens is 4. The van der Waals surface area contributed by atoms with Crippen LogP contribution in [0.15, 0.2) is 30.3 Å². The molecule has 0 radical (unpaired) electrons. The molecule has 2 aliphatic heterocycles. The number of carbonyl (C=O) groups excluding carboxylic acids is 2. The molecule has 2 fully saturated rings. The molecule has 3 aliphatic rings. The molecule has 4 atom stereocenters. The molecule has 2 heterocycles. The Morgan fingerprint density at radius 3 is 2.51 bits per heavy atom. The molecule has 198 valence electrons. The molecule has 1 aliphatic carbocycles. The molecule has 1 saturated carbocycles. The minimum Gasteiger partial charge on any atom is -0.393 e. The van der Waals surface area contributed by atoms with Crippen molar-refractivity contribution >= 4 is 40.6 Å². The maximum atomic E-state index is 15.7. The normalized spacial score (nSPS) is 30.8. The van der Waals surface area contributed by atoms with Crippen LogP contribution in [0.2, 0.25) is 10.0 Å². The van der Waals surface area contributed by atoms with Crippen LogP contribution in [0, 0.1) is 23.0 Å². The fourth-order valence-electron chi connectivity index (χ4n) is 6.49. The molecular formula is C28H30Cl2F2N2O3. The van der Waals surface area contributed by atoms with Gasteiger partial charge in [-0.05, 0) is 59.9 Å². The van der Waals surface area contributed by atoms with Gasteiger partial charge in [0.05, 0.1) is 22.2 Å². The number of nitrogens with one attached hydrogen (secondary N) is 2. The number of ketones is 1. The van der Waals surface area contributed by atoms with E-state index in [0.29, 0.717) is 30.5 Å². The van der Waals surface area contributed by atoms with Crippen molar-refractivity contribution in [3.8, 4) is 0 Å². The van der Waals surface area contributed by atoms with Crippen LogP contribution in [-0.4, -0.2) is 35.0 Å². The van der Waals surface area contributed by atoms with Crippen LogP contribution in [0.3, 0.4) is 0 Å². The highest BCUT2D eigenvalue weighted by molar-refractivity contribution is 6.31. The van der Waals surface area contributed by atoms with Crippen LogP contribution in [-0.2, 0) is 15.0 Å². The largest absolute Gasteiger partial charge is 0.393 e.